The number of carbonyl (C=O) groups is 1. The molecular formula is C33H43N3O5. The minimum absolute atomic E-state index is 0.0166. The van der Waals surface area contributed by atoms with Gasteiger partial charge in [0.1, 0.15) is 12.4 Å². The largest absolute Gasteiger partial charge is 0.491 e. The predicted octanol–water partition coefficient (Wildman–Crippen LogP) is 4.03. The molecule has 2 heterocycles. The summed E-state index contributed by atoms with van der Waals surface area (Å²) in [6, 6.07) is 16.4. The van der Waals surface area contributed by atoms with Gasteiger partial charge in [-0.05, 0) is 79.5 Å². The van der Waals surface area contributed by atoms with Crippen molar-refractivity contribution in [3.63, 3.8) is 0 Å². The molecule has 1 unspecified atom stereocenters. The highest BCUT2D eigenvalue weighted by Crippen LogP contribution is 2.38. The van der Waals surface area contributed by atoms with Crippen LogP contribution in [0, 0.1) is 5.92 Å². The normalized spacial score (nSPS) is 18.9. The number of rotatable bonds is 13. The van der Waals surface area contributed by atoms with E-state index in [0.717, 1.165) is 66.4 Å². The third-order valence-electron chi connectivity index (χ3n) is 8.40. The first-order chi connectivity index (χ1) is 20.0. The number of carbonyl (C=O) groups excluding carboxylic acids is 1. The van der Waals surface area contributed by atoms with Crippen LogP contribution in [0.2, 0.25) is 0 Å². The van der Waals surface area contributed by atoms with Crippen molar-refractivity contribution in [2.45, 2.75) is 50.6 Å². The molecule has 1 aliphatic heterocycles. The van der Waals surface area contributed by atoms with E-state index in [2.05, 4.69) is 34.5 Å². The Morgan fingerprint density at radius 3 is 2.56 bits per heavy atom. The third kappa shape index (κ3) is 7.00. The molecule has 8 heteroatoms. The van der Waals surface area contributed by atoms with Crippen LogP contribution in [0.3, 0.4) is 0 Å². The number of nitrogens with one attached hydrogen (secondary N) is 1. The first kappa shape index (κ1) is 29.3. The molecule has 2 fully saturated rings. The summed E-state index contributed by atoms with van der Waals surface area (Å²) in [5.74, 6) is 0.722. The van der Waals surface area contributed by atoms with E-state index in [0.29, 0.717) is 32.9 Å². The van der Waals surface area contributed by atoms with E-state index in [-0.39, 0.29) is 29.3 Å². The molecule has 3 aromatic rings. The molecule has 1 aromatic heterocycles. The van der Waals surface area contributed by atoms with Crippen molar-refractivity contribution < 1.29 is 19.0 Å². The average Bonchev–Trinajstić information content (AvgIpc) is 3.83. The van der Waals surface area contributed by atoms with E-state index in [1.165, 1.54) is 5.56 Å². The van der Waals surface area contributed by atoms with Crippen LogP contribution in [0.4, 0.5) is 0 Å². The predicted molar refractivity (Wildman–Crippen MR) is 160 cm³/mol. The van der Waals surface area contributed by atoms with Crippen molar-refractivity contribution in [3.8, 4) is 5.75 Å². The Morgan fingerprint density at radius 2 is 1.78 bits per heavy atom. The summed E-state index contributed by atoms with van der Waals surface area (Å²) in [5.41, 5.74) is 4.12. The summed E-state index contributed by atoms with van der Waals surface area (Å²) in [6.45, 7) is 3.67. The summed E-state index contributed by atoms with van der Waals surface area (Å²) in [4.78, 5) is 29.4. The van der Waals surface area contributed by atoms with Gasteiger partial charge in [0, 0.05) is 58.5 Å². The fourth-order valence-electron chi connectivity index (χ4n) is 6.13. The van der Waals surface area contributed by atoms with Crippen molar-refractivity contribution in [2.75, 3.05) is 47.1 Å². The van der Waals surface area contributed by atoms with Crippen molar-refractivity contribution in [1.29, 1.82) is 0 Å². The first-order valence-corrected chi connectivity index (χ1v) is 14.8. The van der Waals surface area contributed by atoms with Crippen LogP contribution in [-0.2, 0) is 34.3 Å². The minimum Gasteiger partial charge on any atom is -0.491 e. The number of nitrogens with zero attached hydrogens (tertiary/aromatic N) is 2. The van der Waals surface area contributed by atoms with Crippen molar-refractivity contribution in [2.24, 2.45) is 13.0 Å². The lowest BCUT2D eigenvalue weighted by Gasteiger charge is -2.36. The topological polar surface area (TPSA) is 82.0 Å². The zero-order valence-electron chi connectivity index (χ0n) is 24.6. The van der Waals surface area contributed by atoms with Gasteiger partial charge in [0.15, 0.2) is 0 Å². The number of amides is 1. The number of ether oxygens (including phenoxy) is 3. The second-order valence-corrected chi connectivity index (χ2v) is 11.3. The molecule has 1 N–H and O–H groups in total. The Balaban J connectivity index is 1.43. The number of benzene rings is 2. The molecule has 1 aliphatic carbocycles. The summed E-state index contributed by atoms with van der Waals surface area (Å²) < 4.78 is 18.1. The molecule has 2 aliphatic rings. The molecular weight excluding hydrogens is 518 g/mol. The average molecular weight is 562 g/mol. The number of aryl methyl sites for hydroxylation is 2. The van der Waals surface area contributed by atoms with Gasteiger partial charge in [0.05, 0.1) is 18.0 Å². The Kier molecular flexibility index (Phi) is 9.75. The Labute approximate surface area is 242 Å². The van der Waals surface area contributed by atoms with E-state index in [1.807, 2.05) is 25.2 Å². The zero-order valence-corrected chi connectivity index (χ0v) is 24.6. The Bertz CT molecular complexity index is 1370. The van der Waals surface area contributed by atoms with Gasteiger partial charge >= 0.3 is 0 Å². The van der Waals surface area contributed by atoms with Crippen LogP contribution in [0.5, 0.6) is 5.75 Å². The highest BCUT2D eigenvalue weighted by atomic mass is 16.5. The molecule has 41 heavy (non-hydrogen) atoms. The van der Waals surface area contributed by atoms with Gasteiger partial charge in [0.25, 0.3) is 5.56 Å². The molecule has 2 atom stereocenters. The number of para-hydroxylation sites is 1. The lowest BCUT2D eigenvalue weighted by atomic mass is 9.79. The van der Waals surface area contributed by atoms with Gasteiger partial charge in [-0.15, -0.1) is 0 Å². The highest BCUT2D eigenvalue weighted by Gasteiger charge is 2.40. The lowest BCUT2D eigenvalue weighted by Crippen LogP contribution is -2.47. The summed E-state index contributed by atoms with van der Waals surface area (Å²) in [6.07, 6.45) is 4.66. The standard InChI is InChI=1S/C33H43N3O5/c1-35-31-9-5-4-8-28(31)29(20-32(35)37)27-12-13-34-21-30(27)33(38)36(25-10-11-25)22-24-17-23(7-6-14-39-2)18-26(19-24)41-16-15-40-3/h4-5,8-9,17-20,25,27,30,34H,6-7,10-16,21-22H2,1-3H3/t27?,30-/m0/s1. The minimum atomic E-state index is -0.234. The number of aromatic nitrogens is 1. The Morgan fingerprint density at radius 1 is 1.00 bits per heavy atom. The van der Waals surface area contributed by atoms with Gasteiger partial charge in [-0.1, -0.05) is 24.3 Å². The van der Waals surface area contributed by atoms with E-state index in [1.54, 1.807) is 24.9 Å². The van der Waals surface area contributed by atoms with E-state index in [9.17, 15) is 9.59 Å². The maximum atomic E-state index is 14.4. The molecule has 5 rings (SSSR count). The molecule has 1 amide bonds. The number of hydrogen-bond acceptors (Lipinski definition) is 6. The quantitative estimate of drug-likeness (QED) is 0.318. The smallest absolute Gasteiger partial charge is 0.251 e. The SMILES string of the molecule is COCCCc1cc(CN(C(=O)[C@H]2CNCCC2c2cc(=O)n(C)c3ccccc23)C2CC2)cc(OCCOC)c1. The maximum absolute atomic E-state index is 14.4. The van der Waals surface area contributed by atoms with Crippen molar-refractivity contribution in [1.82, 2.24) is 14.8 Å². The molecule has 8 nitrogen and oxygen atoms in total. The number of pyridine rings is 1. The molecule has 0 bridgehead atoms. The molecule has 2 aromatic carbocycles. The fourth-order valence-corrected chi connectivity index (χ4v) is 6.13. The van der Waals surface area contributed by atoms with Crippen LogP contribution < -0.4 is 15.6 Å². The summed E-state index contributed by atoms with van der Waals surface area (Å²) >= 11 is 0. The second kappa shape index (κ2) is 13.6. The van der Waals surface area contributed by atoms with Crippen LogP contribution >= 0.6 is 0 Å². The fraction of sp³-hybridized carbons (Fsp3) is 0.515. The second-order valence-electron chi connectivity index (χ2n) is 11.3. The molecule has 1 saturated carbocycles. The van der Waals surface area contributed by atoms with Crippen molar-refractivity contribution >= 4 is 16.8 Å². The van der Waals surface area contributed by atoms with Crippen LogP contribution in [-0.4, -0.2) is 68.5 Å². The van der Waals surface area contributed by atoms with Gasteiger partial charge in [-0.2, -0.15) is 0 Å². The monoisotopic (exact) mass is 561 g/mol. The molecule has 0 radical (unpaired) electrons. The lowest BCUT2D eigenvalue weighted by molar-refractivity contribution is -0.138. The van der Waals surface area contributed by atoms with Gasteiger partial charge in [-0.3, -0.25) is 9.59 Å². The van der Waals surface area contributed by atoms with Gasteiger partial charge < -0.3 is 29.0 Å². The number of hydrogen-bond donors (Lipinski definition) is 1. The van der Waals surface area contributed by atoms with Crippen LogP contribution in [0.15, 0.2) is 53.3 Å². The summed E-state index contributed by atoms with van der Waals surface area (Å²) in [5, 5.41) is 4.52. The number of methoxy groups -OCH3 is 2. The van der Waals surface area contributed by atoms with Gasteiger partial charge in [-0.25, -0.2) is 0 Å². The molecule has 0 spiro atoms. The van der Waals surface area contributed by atoms with Crippen LogP contribution in [0.1, 0.15) is 48.3 Å². The summed E-state index contributed by atoms with van der Waals surface area (Å²) in [7, 11) is 5.20. The van der Waals surface area contributed by atoms with Crippen molar-refractivity contribution in [3.05, 3.63) is 75.6 Å². The highest BCUT2D eigenvalue weighted by molar-refractivity contribution is 5.86. The zero-order chi connectivity index (χ0) is 28.8. The van der Waals surface area contributed by atoms with E-state index in [4.69, 9.17) is 14.2 Å². The number of fused-ring (bicyclic) bond motifs is 1. The molecule has 220 valence electrons. The van der Waals surface area contributed by atoms with Gasteiger partial charge in [0.2, 0.25) is 5.91 Å². The third-order valence-corrected chi connectivity index (χ3v) is 8.40. The Hall–Kier alpha value is -3.20. The van der Waals surface area contributed by atoms with Crippen LogP contribution in [0.25, 0.3) is 10.9 Å². The van der Waals surface area contributed by atoms with E-state index >= 15 is 0 Å². The molecule has 1 saturated heterocycles. The maximum Gasteiger partial charge on any atom is 0.251 e. The first-order valence-electron chi connectivity index (χ1n) is 14.8. The number of piperidine rings is 1. The van der Waals surface area contributed by atoms with E-state index < -0.39 is 0 Å².